The molecular weight excluding hydrogens is 488 g/mol. The summed E-state index contributed by atoms with van der Waals surface area (Å²) in [4.78, 5) is 46.0. The van der Waals surface area contributed by atoms with Gasteiger partial charge in [0.1, 0.15) is 0 Å². The fraction of sp³-hybridized carbons (Fsp3) is 0.464. The normalized spacial score (nSPS) is 21.1. The lowest BCUT2D eigenvalue weighted by Gasteiger charge is -2.39. The quantitative estimate of drug-likeness (QED) is 0.629. The van der Waals surface area contributed by atoms with Gasteiger partial charge in [-0.15, -0.1) is 11.3 Å². The SMILES string of the molecule is CCOC(=O)N1CCN(C(=O)CN2c3ccccc3NC3=C(C(=O)CC(C)(C)C3)C2c2cccs2)CC1. The molecule has 1 N–H and O–H groups in total. The number of ether oxygens (including phenoxy) is 1. The van der Waals surface area contributed by atoms with Crippen LogP contribution in [0.3, 0.4) is 0 Å². The number of ketones is 1. The molecule has 3 heterocycles. The van der Waals surface area contributed by atoms with E-state index >= 15 is 0 Å². The average molecular weight is 523 g/mol. The molecule has 1 atom stereocenters. The topological polar surface area (TPSA) is 82.2 Å². The lowest BCUT2D eigenvalue weighted by molar-refractivity contribution is -0.131. The number of benzene rings is 1. The van der Waals surface area contributed by atoms with Gasteiger partial charge in [0.25, 0.3) is 0 Å². The molecule has 0 spiro atoms. The summed E-state index contributed by atoms with van der Waals surface area (Å²) in [6.45, 7) is 8.31. The molecule has 8 nitrogen and oxygen atoms in total. The zero-order chi connectivity index (χ0) is 26.2. The van der Waals surface area contributed by atoms with Gasteiger partial charge >= 0.3 is 6.09 Å². The standard InChI is InChI=1S/C28H34N4O4S/c1-4-36-27(35)31-13-11-30(12-14-31)24(34)18-32-21-9-6-5-8-19(21)29-20-16-28(2,3)17-22(33)25(20)26(32)23-10-7-15-37-23/h5-10,15,26,29H,4,11-14,16-18H2,1-3H3. The van der Waals surface area contributed by atoms with E-state index in [9.17, 15) is 14.4 Å². The number of nitrogens with one attached hydrogen (secondary N) is 1. The lowest BCUT2D eigenvalue weighted by Crippen LogP contribution is -2.53. The van der Waals surface area contributed by atoms with Crippen LogP contribution in [0, 0.1) is 5.41 Å². The van der Waals surface area contributed by atoms with Crippen molar-refractivity contribution >= 4 is 40.5 Å². The minimum absolute atomic E-state index is 0.0208. The van der Waals surface area contributed by atoms with Gasteiger partial charge in [-0.3, -0.25) is 9.59 Å². The predicted molar refractivity (Wildman–Crippen MR) is 145 cm³/mol. The van der Waals surface area contributed by atoms with E-state index in [1.807, 2.05) is 40.6 Å². The van der Waals surface area contributed by atoms with E-state index in [1.165, 1.54) is 0 Å². The molecule has 1 saturated heterocycles. The summed E-state index contributed by atoms with van der Waals surface area (Å²) in [7, 11) is 0. The second kappa shape index (κ2) is 10.2. The molecule has 2 aliphatic heterocycles. The molecule has 196 valence electrons. The van der Waals surface area contributed by atoms with Crippen LogP contribution >= 0.6 is 11.3 Å². The number of allylic oxidation sites excluding steroid dienone is 1. The van der Waals surface area contributed by atoms with Crippen molar-refractivity contribution in [3.05, 3.63) is 57.9 Å². The van der Waals surface area contributed by atoms with Crippen molar-refractivity contribution in [3.63, 3.8) is 0 Å². The molecule has 9 heteroatoms. The number of amides is 2. The van der Waals surface area contributed by atoms with Crippen molar-refractivity contribution in [1.82, 2.24) is 9.80 Å². The van der Waals surface area contributed by atoms with Gasteiger partial charge in [0.05, 0.1) is 30.6 Å². The highest BCUT2D eigenvalue weighted by Gasteiger charge is 2.42. The Morgan fingerprint density at radius 2 is 1.78 bits per heavy atom. The van der Waals surface area contributed by atoms with Crippen molar-refractivity contribution in [1.29, 1.82) is 0 Å². The Hall–Kier alpha value is -3.33. The number of hydrogen-bond donors (Lipinski definition) is 1. The Morgan fingerprint density at radius 3 is 2.49 bits per heavy atom. The van der Waals surface area contributed by atoms with Gasteiger partial charge in [-0.25, -0.2) is 4.79 Å². The van der Waals surface area contributed by atoms with Gasteiger partial charge in [-0.1, -0.05) is 32.0 Å². The van der Waals surface area contributed by atoms with Crippen LogP contribution in [0.1, 0.15) is 44.5 Å². The largest absolute Gasteiger partial charge is 0.450 e. The molecule has 2 amide bonds. The number of para-hydroxylation sites is 2. The molecule has 1 aromatic heterocycles. The first kappa shape index (κ1) is 25.3. The number of nitrogens with zero attached hydrogens (tertiary/aromatic N) is 3. The summed E-state index contributed by atoms with van der Waals surface area (Å²) in [5.41, 5.74) is 3.38. The van der Waals surface area contributed by atoms with E-state index in [4.69, 9.17) is 4.74 Å². The Bertz CT molecular complexity index is 1210. The molecule has 1 unspecified atom stereocenters. The van der Waals surface area contributed by atoms with E-state index in [-0.39, 0.29) is 35.8 Å². The lowest BCUT2D eigenvalue weighted by atomic mass is 9.74. The molecule has 1 fully saturated rings. The van der Waals surface area contributed by atoms with E-state index in [0.717, 1.165) is 33.9 Å². The summed E-state index contributed by atoms with van der Waals surface area (Å²) in [6, 6.07) is 11.7. The maximum atomic E-state index is 13.7. The van der Waals surface area contributed by atoms with Gasteiger partial charge in [0.2, 0.25) is 5.91 Å². The number of carbonyl (C=O) groups is 3. The van der Waals surface area contributed by atoms with Crippen molar-refractivity contribution in [2.45, 2.75) is 39.7 Å². The summed E-state index contributed by atoms with van der Waals surface area (Å²) in [5.74, 6) is 0.109. The zero-order valence-electron chi connectivity index (χ0n) is 21.7. The van der Waals surface area contributed by atoms with Crippen molar-refractivity contribution in [2.24, 2.45) is 5.41 Å². The maximum absolute atomic E-state index is 13.7. The Balaban J connectivity index is 1.48. The van der Waals surface area contributed by atoms with E-state index < -0.39 is 0 Å². The highest BCUT2D eigenvalue weighted by molar-refractivity contribution is 7.10. The van der Waals surface area contributed by atoms with Gasteiger partial charge in [0.15, 0.2) is 5.78 Å². The Morgan fingerprint density at radius 1 is 1.05 bits per heavy atom. The minimum atomic E-state index is -0.348. The summed E-state index contributed by atoms with van der Waals surface area (Å²) in [5, 5.41) is 5.61. The average Bonchev–Trinajstić information content (AvgIpc) is 3.35. The highest BCUT2D eigenvalue weighted by Crippen LogP contribution is 2.48. The van der Waals surface area contributed by atoms with Gasteiger partial charge in [0, 0.05) is 48.7 Å². The zero-order valence-corrected chi connectivity index (χ0v) is 22.5. The summed E-state index contributed by atoms with van der Waals surface area (Å²) >= 11 is 1.61. The molecule has 1 aromatic carbocycles. The molecule has 1 aliphatic carbocycles. The molecule has 0 radical (unpaired) electrons. The Labute approximate surface area is 221 Å². The monoisotopic (exact) mass is 522 g/mol. The summed E-state index contributed by atoms with van der Waals surface area (Å²) in [6.07, 6.45) is 0.906. The third kappa shape index (κ3) is 5.09. The number of rotatable bonds is 4. The van der Waals surface area contributed by atoms with E-state index in [1.54, 1.807) is 23.2 Å². The first-order chi connectivity index (χ1) is 17.8. The molecule has 3 aliphatic rings. The molecule has 5 rings (SSSR count). The van der Waals surface area contributed by atoms with Crippen LogP contribution < -0.4 is 10.2 Å². The van der Waals surface area contributed by atoms with Crippen LogP contribution in [0.25, 0.3) is 0 Å². The van der Waals surface area contributed by atoms with Crippen molar-refractivity contribution < 1.29 is 19.1 Å². The third-order valence-electron chi connectivity index (χ3n) is 7.28. The predicted octanol–water partition coefficient (Wildman–Crippen LogP) is 4.67. The van der Waals surface area contributed by atoms with Crippen molar-refractivity contribution in [2.75, 3.05) is 49.5 Å². The number of fused-ring (bicyclic) bond motifs is 1. The maximum Gasteiger partial charge on any atom is 0.409 e. The second-order valence-electron chi connectivity index (χ2n) is 10.6. The van der Waals surface area contributed by atoms with Crippen LogP contribution in [-0.4, -0.2) is 66.9 Å². The van der Waals surface area contributed by atoms with Crippen LogP contribution in [0.15, 0.2) is 53.0 Å². The fourth-order valence-corrected chi connectivity index (χ4v) is 6.41. The van der Waals surface area contributed by atoms with Crippen LogP contribution in [0.5, 0.6) is 0 Å². The van der Waals surface area contributed by atoms with Gasteiger partial charge in [-0.2, -0.15) is 0 Å². The molecule has 0 saturated carbocycles. The molecule has 0 bridgehead atoms. The highest BCUT2D eigenvalue weighted by atomic mass is 32.1. The van der Waals surface area contributed by atoms with Crippen LogP contribution in [0.2, 0.25) is 0 Å². The van der Waals surface area contributed by atoms with Gasteiger partial charge < -0.3 is 24.8 Å². The fourth-order valence-electron chi connectivity index (χ4n) is 5.57. The van der Waals surface area contributed by atoms with Crippen molar-refractivity contribution in [3.8, 4) is 0 Å². The molecule has 37 heavy (non-hydrogen) atoms. The number of thiophene rings is 1. The Kier molecular flexibility index (Phi) is 6.98. The van der Waals surface area contributed by atoms with Crippen LogP contribution in [0.4, 0.5) is 16.2 Å². The van der Waals surface area contributed by atoms with Gasteiger partial charge in [-0.05, 0) is 42.3 Å². The third-order valence-corrected chi connectivity index (χ3v) is 8.21. The molecular formula is C28H34N4O4S. The van der Waals surface area contributed by atoms with E-state index in [2.05, 4.69) is 30.1 Å². The minimum Gasteiger partial charge on any atom is -0.450 e. The summed E-state index contributed by atoms with van der Waals surface area (Å²) < 4.78 is 5.11. The smallest absolute Gasteiger partial charge is 0.409 e. The number of Topliss-reactive ketones (excluding diaryl/α,β-unsaturated/α-hetero) is 1. The number of carbonyl (C=O) groups excluding carboxylic acids is 3. The number of piperazine rings is 1. The molecule has 2 aromatic rings. The second-order valence-corrected chi connectivity index (χ2v) is 11.6. The first-order valence-electron chi connectivity index (χ1n) is 12.9. The van der Waals surface area contributed by atoms with Crippen LogP contribution in [-0.2, 0) is 14.3 Å². The number of anilines is 2. The first-order valence-corrected chi connectivity index (χ1v) is 13.8. The number of hydrogen-bond acceptors (Lipinski definition) is 7. The van der Waals surface area contributed by atoms with E-state index in [0.29, 0.717) is 39.2 Å².